The summed E-state index contributed by atoms with van der Waals surface area (Å²) in [5, 5.41) is 9.91. The summed E-state index contributed by atoms with van der Waals surface area (Å²) in [6, 6.07) is 1.63. The van der Waals surface area contributed by atoms with E-state index >= 15 is 0 Å². The second kappa shape index (κ2) is 4.87. The fraction of sp³-hybridized carbons (Fsp3) is 0.333. The standard InChI is InChI=1S/C12H14BrN3O/c1-3-9-7-16(11(4-2)15-9)12-10(17)5-8(13)6-14-12/h5-7,17H,3-4H2,1-2H3. The maximum absolute atomic E-state index is 9.91. The third-order valence-corrected chi connectivity index (χ3v) is 2.98. The number of pyridine rings is 1. The molecule has 4 nitrogen and oxygen atoms in total. The third kappa shape index (κ3) is 2.34. The lowest BCUT2D eigenvalue weighted by atomic mass is 10.4. The average Bonchev–Trinajstić information content (AvgIpc) is 2.72. The molecule has 0 aliphatic heterocycles. The van der Waals surface area contributed by atoms with E-state index < -0.39 is 0 Å². The molecule has 0 spiro atoms. The van der Waals surface area contributed by atoms with Gasteiger partial charge in [-0.05, 0) is 28.4 Å². The lowest BCUT2D eigenvalue weighted by Crippen LogP contribution is -2.01. The summed E-state index contributed by atoms with van der Waals surface area (Å²) < 4.78 is 2.60. The maximum atomic E-state index is 9.91. The number of aryl methyl sites for hydroxylation is 2. The number of aromatic hydroxyl groups is 1. The summed E-state index contributed by atoms with van der Waals surface area (Å²) in [4.78, 5) is 8.72. The first-order valence-electron chi connectivity index (χ1n) is 5.57. The quantitative estimate of drug-likeness (QED) is 0.947. The molecule has 0 atom stereocenters. The molecule has 0 unspecified atom stereocenters. The van der Waals surface area contributed by atoms with E-state index in [9.17, 15) is 5.11 Å². The Bertz CT molecular complexity index is 537. The van der Waals surface area contributed by atoms with Crippen LogP contribution in [0.1, 0.15) is 25.4 Å². The zero-order chi connectivity index (χ0) is 12.4. The summed E-state index contributed by atoms with van der Waals surface area (Å²) in [5.74, 6) is 1.58. The van der Waals surface area contributed by atoms with Crippen molar-refractivity contribution < 1.29 is 5.11 Å². The molecule has 90 valence electrons. The SMILES string of the molecule is CCc1cn(-c2ncc(Br)cc2O)c(CC)n1. The molecule has 1 N–H and O–H groups in total. The number of aromatic nitrogens is 3. The normalized spacial score (nSPS) is 10.8. The monoisotopic (exact) mass is 295 g/mol. The first kappa shape index (κ1) is 12.1. The van der Waals surface area contributed by atoms with Crippen LogP contribution in [0.3, 0.4) is 0 Å². The number of imidazole rings is 1. The molecule has 17 heavy (non-hydrogen) atoms. The van der Waals surface area contributed by atoms with E-state index in [1.807, 2.05) is 17.7 Å². The van der Waals surface area contributed by atoms with Gasteiger partial charge in [0.15, 0.2) is 11.6 Å². The number of halogens is 1. The van der Waals surface area contributed by atoms with Gasteiger partial charge >= 0.3 is 0 Å². The molecule has 0 aliphatic rings. The van der Waals surface area contributed by atoms with Crippen molar-refractivity contribution in [1.82, 2.24) is 14.5 Å². The maximum Gasteiger partial charge on any atom is 0.180 e. The van der Waals surface area contributed by atoms with E-state index in [-0.39, 0.29) is 5.75 Å². The number of rotatable bonds is 3. The molecule has 0 radical (unpaired) electrons. The van der Waals surface area contributed by atoms with Gasteiger partial charge in [0.05, 0.1) is 5.69 Å². The molecule has 0 amide bonds. The van der Waals surface area contributed by atoms with Gasteiger partial charge in [-0.2, -0.15) is 0 Å². The largest absolute Gasteiger partial charge is 0.504 e. The Morgan fingerprint density at radius 1 is 1.35 bits per heavy atom. The van der Waals surface area contributed by atoms with Crippen LogP contribution in [0.25, 0.3) is 5.82 Å². The summed E-state index contributed by atoms with van der Waals surface area (Å²) in [6.07, 6.45) is 5.27. The third-order valence-electron chi connectivity index (χ3n) is 2.55. The van der Waals surface area contributed by atoms with Crippen LogP contribution in [-0.4, -0.2) is 19.6 Å². The van der Waals surface area contributed by atoms with Crippen molar-refractivity contribution >= 4 is 15.9 Å². The molecule has 0 aromatic carbocycles. The second-order valence-corrected chi connectivity index (χ2v) is 4.64. The minimum atomic E-state index is 0.147. The Labute approximate surface area is 108 Å². The summed E-state index contributed by atoms with van der Waals surface area (Å²) >= 11 is 3.28. The first-order valence-corrected chi connectivity index (χ1v) is 6.37. The van der Waals surface area contributed by atoms with Crippen molar-refractivity contribution in [1.29, 1.82) is 0 Å². The van der Waals surface area contributed by atoms with Gasteiger partial charge in [-0.15, -0.1) is 0 Å². The van der Waals surface area contributed by atoms with Crippen LogP contribution in [0.2, 0.25) is 0 Å². The fourth-order valence-electron chi connectivity index (χ4n) is 1.68. The van der Waals surface area contributed by atoms with Crippen LogP contribution in [0.15, 0.2) is 22.9 Å². The number of nitrogens with zero attached hydrogens (tertiary/aromatic N) is 3. The molecule has 0 saturated heterocycles. The lowest BCUT2D eigenvalue weighted by molar-refractivity contribution is 0.468. The molecule has 2 aromatic heterocycles. The topological polar surface area (TPSA) is 50.9 Å². The van der Waals surface area contributed by atoms with Gasteiger partial charge < -0.3 is 5.11 Å². The van der Waals surface area contributed by atoms with Crippen LogP contribution in [0.5, 0.6) is 5.75 Å². The highest BCUT2D eigenvalue weighted by Gasteiger charge is 2.12. The molecule has 2 heterocycles. The van der Waals surface area contributed by atoms with Gasteiger partial charge in [-0.3, -0.25) is 4.57 Å². The average molecular weight is 296 g/mol. The Hall–Kier alpha value is -1.36. The lowest BCUT2D eigenvalue weighted by Gasteiger charge is -2.07. The van der Waals surface area contributed by atoms with Crippen molar-refractivity contribution in [3.8, 4) is 11.6 Å². The van der Waals surface area contributed by atoms with Crippen LogP contribution in [-0.2, 0) is 12.8 Å². The highest BCUT2D eigenvalue weighted by atomic mass is 79.9. The molecule has 0 saturated carbocycles. The van der Waals surface area contributed by atoms with Crippen molar-refractivity contribution in [2.24, 2.45) is 0 Å². The van der Waals surface area contributed by atoms with Gasteiger partial charge in [-0.1, -0.05) is 13.8 Å². The van der Waals surface area contributed by atoms with E-state index in [0.29, 0.717) is 5.82 Å². The Kier molecular flexibility index (Phi) is 3.47. The summed E-state index contributed by atoms with van der Waals surface area (Å²) in [5.41, 5.74) is 1.01. The van der Waals surface area contributed by atoms with Gasteiger partial charge in [0.1, 0.15) is 5.82 Å². The van der Waals surface area contributed by atoms with Gasteiger partial charge in [0.25, 0.3) is 0 Å². The molecule has 2 aromatic rings. The molecular weight excluding hydrogens is 282 g/mol. The van der Waals surface area contributed by atoms with Crippen molar-refractivity contribution in [3.05, 3.63) is 34.5 Å². The van der Waals surface area contributed by atoms with Gasteiger partial charge in [0, 0.05) is 23.3 Å². The van der Waals surface area contributed by atoms with Gasteiger partial charge in [-0.25, -0.2) is 9.97 Å². The molecule has 0 aliphatic carbocycles. The van der Waals surface area contributed by atoms with E-state index in [0.717, 1.165) is 28.8 Å². The van der Waals surface area contributed by atoms with Crippen molar-refractivity contribution in [3.63, 3.8) is 0 Å². The van der Waals surface area contributed by atoms with Crippen molar-refractivity contribution in [2.75, 3.05) is 0 Å². The zero-order valence-corrected chi connectivity index (χ0v) is 11.4. The Morgan fingerprint density at radius 3 is 2.71 bits per heavy atom. The fourth-order valence-corrected chi connectivity index (χ4v) is 2.00. The van der Waals surface area contributed by atoms with E-state index in [4.69, 9.17) is 0 Å². The second-order valence-electron chi connectivity index (χ2n) is 3.72. The Morgan fingerprint density at radius 2 is 2.12 bits per heavy atom. The van der Waals surface area contributed by atoms with Crippen molar-refractivity contribution in [2.45, 2.75) is 26.7 Å². The van der Waals surface area contributed by atoms with E-state index in [1.54, 1.807) is 12.3 Å². The molecule has 2 rings (SSSR count). The minimum Gasteiger partial charge on any atom is -0.504 e. The molecule has 5 heteroatoms. The van der Waals surface area contributed by atoms with Crippen LogP contribution in [0, 0.1) is 0 Å². The first-order chi connectivity index (χ1) is 8.15. The summed E-state index contributed by atoms with van der Waals surface area (Å²) in [7, 11) is 0. The molecule has 0 bridgehead atoms. The zero-order valence-electron chi connectivity index (χ0n) is 9.81. The highest BCUT2D eigenvalue weighted by Crippen LogP contribution is 2.24. The predicted molar refractivity (Wildman–Crippen MR) is 69.5 cm³/mol. The van der Waals surface area contributed by atoms with Crippen LogP contribution < -0.4 is 0 Å². The van der Waals surface area contributed by atoms with E-state index in [1.165, 1.54) is 0 Å². The highest BCUT2D eigenvalue weighted by molar-refractivity contribution is 9.10. The summed E-state index contributed by atoms with van der Waals surface area (Å²) in [6.45, 7) is 4.09. The predicted octanol–water partition coefficient (Wildman–Crippen LogP) is 2.86. The van der Waals surface area contributed by atoms with Crippen LogP contribution in [0.4, 0.5) is 0 Å². The van der Waals surface area contributed by atoms with Crippen LogP contribution >= 0.6 is 15.9 Å². The minimum absolute atomic E-state index is 0.147. The number of hydrogen-bond acceptors (Lipinski definition) is 3. The molecule has 0 fully saturated rings. The number of hydrogen-bond donors (Lipinski definition) is 1. The van der Waals surface area contributed by atoms with Gasteiger partial charge in [0.2, 0.25) is 0 Å². The Balaban J connectivity index is 2.55. The molecular formula is C12H14BrN3O. The van der Waals surface area contributed by atoms with E-state index in [2.05, 4.69) is 32.8 Å². The smallest absolute Gasteiger partial charge is 0.180 e.